The number of rotatable bonds is 48. The topological polar surface area (TPSA) is 78.9 Å². The van der Waals surface area contributed by atoms with Crippen molar-refractivity contribution in [1.29, 1.82) is 0 Å². The fourth-order valence-corrected chi connectivity index (χ4v) is 7.92. The summed E-state index contributed by atoms with van der Waals surface area (Å²) >= 11 is 0. The van der Waals surface area contributed by atoms with E-state index >= 15 is 0 Å². The van der Waals surface area contributed by atoms with E-state index in [0.717, 1.165) is 57.8 Å². The SMILES string of the molecule is CCCCCCCCCCCCCCCCCCCCCCCCCCC(=O)OCC(COC(=O)CCCCCCCCCC)OC(=O)CCCCCCCCCC. The summed E-state index contributed by atoms with van der Waals surface area (Å²) in [6.07, 6.45) is 51.3. The van der Waals surface area contributed by atoms with Crippen LogP contribution in [0.3, 0.4) is 0 Å². The van der Waals surface area contributed by atoms with E-state index in [1.165, 1.54) is 199 Å². The Kier molecular flexibility index (Phi) is 46.8. The molecule has 0 aromatic rings. The Morgan fingerprint density at radius 1 is 0.276 bits per heavy atom. The third-order valence-corrected chi connectivity index (χ3v) is 11.9. The molecule has 0 aliphatic carbocycles. The third-order valence-electron chi connectivity index (χ3n) is 11.9. The molecule has 1 atom stereocenters. The van der Waals surface area contributed by atoms with Crippen LogP contribution in [0.25, 0.3) is 0 Å². The molecule has 0 saturated carbocycles. The summed E-state index contributed by atoms with van der Waals surface area (Å²) in [5.74, 6) is -0.856. The fraction of sp³-hybridized carbons (Fsp3) is 0.942. The molecule has 0 radical (unpaired) electrons. The number of unbranched alkanes of at least 4 members (excludes halogenated alkanes) is 37. The Morgan fingerprint density at radius 2 is 0.466 bits per heavy atom. The molecule has 6 heteroatoms. The molecule has 0 fully saturated rings. The average molecular weight is 821 g/mol. The van der Waals surface area contributed by atoms with Crippen LogP contribution < -0.4 is 0 Å². The van der Waals surface area contributed by atoms with Crippen LogP contribution >= 0.6 is 0 Å². The highest BCUT2D eigenvalue weighted by Crippen LogP contribution is 2.17. The van der Waals surface area contributed by atoms with Crippen molar-refractivity contribution in [2.45, 2.75) is 303 Å². The Balaban J connectivity index is 3.99. The Bertz CT molecular complexity index is 859. The minimum Gasteiger partial charge on any atom is -0.462 e. The molecule has 58 heavy (non-hydrogen) atoms. The van der Waals surface area contributed by atoms with E-state index < -0.39 is 6.10 Å². The molecule has 0 aliphatic rings. The molecule has 1 unspecified atom stereocenters. The first-order chi connectivity index (χ1) is 28.5. The number of esters is 3. The first kappa shape index (κ1) is 56.4. The molecule has 0 spiro atoms. The van der Waals surface area contributed by atoms with Crippen LogP contribution in [0.2, 0.25) is 0 Å². The monoisotopic (exact) mass is 821 g/mol. The van der Waals surface area contributed by atoms with E-state index in [-0.39, 0.29) is 31.1 Å². The molecule has 0 bridgehead atoms. The fourth-order valence-electron chi connectivity index (χ4n) is 7.92. The second-order valence-corrected chi connectivity index (χ2v) is 17.8. The molecular weight excluding hydrogens is 721 g/mol. The highest BCUT2D eigenvalue weighted by molar-refractivity contribution is 5.71. The lowest BCUT2D eigenvalue weighted by Crippen LogP contribution is -2.30. The van der Waals surface area contributed by atoms with E-state index in [9.17, 15) is 14.4 Å². The van der Waals surface area contributed by atoms with Crippen molar-refractivity contribution >= 4 is 17.9 Å². The van der Waals surface area contributed by atoms with Crippen molar-refractivity contribution in [2.24, 2.45) is 0 Å². The smallest absolute Gasteiger partial charge is 0.306 e. The van der Waals surface area contributed by atoms with Crippen molar-refractivity contribution in [3.63, 3.8) is 0 Å². The summed E-state index contributed by atoms with van der Waals surface area (Å²) in [6.45, 7) is 6.62. The second kappa shape index (κ2) is 48.1. The van der Waals surface area contributed by atoms with Gasteiger partial charge in [0.2, 0.25) is 0 Å². The molecule has 0 aromatic carbocycles. The zero-order valence-corrected chi connectivity index (χ0v) is 39.3. The van der Waals surface area contributed by atoms with Crippen LogP contribution in [0.5, 0.6) is 0 Å². The van der Waals surface area contributed by atoms with Gasteiger partial charge in [-0.1, -0.05) is 258 Å². The summed E-state index contributed by atoms with van der Waals surface area (Å²) in [6, 6.07) is 0. The summed E-state index contributed by atoms with van der Waals surface area (Å²) < 4.78 is 16.7. The Labute approximate surface area is 361 Å². The summed E-state index contributed by atoms with van der Waals surface area (Å²) in [7, 11) is 0. The molecular formula is C52H100O6. The number of hydrogen-bond acceptors (Lipinski definition) is 6. The maximum Gasteiger partial charge on any atom is 0.306 e. The Morgan fingerprint density at radius 3 is 0.690 bits per heavy atom. The quantitative estimate of drug-likeness (QED) is 0.0346. The second-order valence-electron chi connectivity index (χ2n) is 17.8. The Hall–Kier alpha value is -1.59. The average Bonchev–Trinajstić information content (AvgIpc) is 3.22. The molecule has 0 aromatic heterocycles. The molecule has 344 valence electrons. The van der Waals surface area contributed by atoms with Gasteiger partial charge in [-0.2, -0.15) is 0 Å². The predicted molar refractivity (Wildman–Crippen MR) is 247 cm³/mol. The van der Waals surface area contributed by atoms with Gasteiger partial charge in [0.25, 0.3) is 0 Å². The zero-order valence-electron chi connectivity index (χ0n) is 39.3. The van der Waals surface area contributed by atoms with Crippen LogP contribution in [0.1, 0.15) is 297 Å². The van der Waals surface area contributed by atoms with Gasteiger partial charge in [0.1, 0.15) is 13.2 Å². The van der Waals surface area contributed by atoms with Crippen molar-refractivity contribution in [3.05, 3.63) is 0 Å². The summed E-state index contributed by atoms with van der Waals surface area (Å²) in [5, 5.41) is 0. The third kappa shape index (κ3) is 45.5. The van der Waals surface area contributed by atoms with Crippen LogP contribution in [-0.4, -0.2) is 37.2 Å². The largest absolute Gasteiger partial charge is 0.462 e. The predicted octanol–water partition coefficient (Wildman–Crippen LogP) is 16.8. The van der Waals surface area contributed by atoms with E-state index in [1.54, 1.807) is 0 Å². The van der Waals surface area contributed by atoms with E-state index in [4.69, 9.17) is 14.2 Å². The number of carbonyl (C=O) groups excluding carboxylic acids is 3. The maximum absolute atomic E-state index is 12.6. The lowest BCUT2D eigenvalue weighted by Gasteiger charge is -2.18. The van der Waals surface area contributed by atoms with Crippen molar-refractivity contribution in [3.8, 4) is 0 Å². The summed E-state index contributed by atoms with van der Waals surface area (Å²) in [4.78, 5) is 37.6. The van der Waals surface area contributed by atoms with Crippen molar-refractivity contribution < 1.29 is 28.6 Å². The first-order valence-electron chi connectivity index (χ1n) is 26.0. The number of carbonyl (C=O) groups is 3. The van der Waals surface area contributed by atoms with Gasteiger partial charge in [0, 0.05) is 19.3 Å². The molecule has 0 rings (SSSR count). The van der Waals surface area contributed by atoms with Crippen LogP contribution in [0.4, 0.5) is 0 Å². The van der Waals surface area contributed by atoms with E-state index in [2.05, 4.69) is 20.8 Å². The maximum atomic E-state index is 12.6. The molecule has 0 saturated heterocycles. The lowest BCUT2D eigenvalue weighted by molar-refractivity contribution is -0.167. The van der Waals surface area contributed by atoms with Gasteiger partial charge in [-0.25, -0.2) is 0 Å². The van der Waals surface area contributed by atoms with Gasteiger partial charge in [-0.15, -0.1) is 0 Å². The van der Waals surface area contributed by atoms with Gasteiger partial charge in [-0.3, -0.25) is 14.4 Å². The van der Waals surface area contributed by atoms with E-state index in [1.807, 2.05) is 0 Å². The minimum atomic E-state index is -0.757. The highest BCUT2D eigenvalue weighted by atomic mass is 16.6. The van der Waals surface area contributed by atoms with Crippen molar-refractivity contribution in [2.75, 3.05) is 13.2 Å². The molecule has 6 nitrogen and oxygen atoms in total. The molecule has 0 heterocycles. The van der Waals surface area contributed by atoms with Gasteiger partial charge < -0.3 is 14.2 Å². The minimum absolute atomic E-state index is 0.0631. The number of hydrogen-bond donors (Lipinski definition) is 0. The van der Waals surface area contributed by atoms with Crippen LogP contribution in [0, 0.1) is 0 Å². The first-order valence-corrected chi connectivity index (χ1v) is 26.0. The van der Waals surface area contributed by atoms with Gasteiger partial charge in [0.15, 0.2) is 6.10 Å². The normalized spacial score (nSPS) is 11.8. The van der Waals surface area contributed by atoms with Crippen LogP contribution in [0.15, 0.2) is 0 Å². The van der Waals surface area contributed by atoms with E-state index in [0.29, 0.717) is 19.3 Å². The zero-order chi connectivity index (χ0) is 42.3. The lowest BCUT2D eigenvalue weighted by atomic mass is 10.0. The molecule has 0 aliphatic heterocycles. The van der Waals surface area contributed by atoms with Gasteiger partial charge in [0.05, 0.1) is 0 Å². The van der Waals surface area contributed by atoms with Crippen molar-refractivity contribution in [1.82, 2.24) is 0 Å². The molecule has 0 amide bonds. The van der Waals surface area contributed by atoms with Gasteiger partial charge >= 0.3 is 17.9 Å². The highest BCUT2D eigenvalue weighted by Gasteiger charge is 2.19. The van der Waals surface area contributed by atoms with Crippen LogP contribution in [-0.2, 0) is 28.6 Å². The number of ether oxygens (including phenoxy) is 3. The summed E-state index contributed by atoms with van der Waals surface area (Å²) in [5.41, 5.74) is 0. The molecule has 0 N–H and O–H groups in total. The standard InChI is InChI=1S/C52H100O6/c1-4-7-10-13-16-19-20-21-22-23-24-25-26-27-28-29-30-31-32-33-34-37-39-42-45-51(54)57-48-49(58-52(55)46-43-40-36-18-15-12-9-6-3)47-56-50(53)44-41-38-35-17-14-11-8-5-2/h49H,4-48H2,1-3H3. The van der Waals surface area contributed by atoms with Gasteiger partial charge in [-0.05, 0) is 19.3 Å².